The lowest BCUT2D eigenvalue weighted by Crippen LogP contribution is -2.40. The number of nitrogens with one attached hydrogen (secondary N) is 1. The molecule has 0 radical (unpaired) electrons. The van der Waals surface area contributed by atoms with Crippen molar-refractivity contribution in [2.75, 3.05) is 19.8 Å². The normalized spacial score (nSPS) is 20.4. The molecule has 1 fully saturated rings. The van der Waals surface area contributed by atoms with Crippen LogP contribution in [0.5, 0.6) is 0 Å². The molecular weight excluding hydrogens is 264 g/mol. The van der Waals surface area contributed by atoms with E-state index >= 15 is 0 Å². The van der Waals surface area contributed by atoms with Crippen molar-refractivity contribution in [2.24, 2.45) is 5.73 Å². The molecule has 5 nitrogen and oxygen atoms in total. The Kier molecular flexibility index (Phi) is 4.93. The van der Waals surface area contributed by atoms with Crippen molar-refractivity contribution in [1.82, 2.24) is 4.72 Å². The first-order valence-corrected chi connectivity index (χ1v) is 7.99. The molecule has 3 N–H and O–H groups in total. The Morgan fingerprint density at radius 2 is 2.05 bits per heavy atom. The van der Waals surface area contributed by atoms with E-state index < -0.39 is 10.0 Å². The van der Waals surface area contributed by atoms with Gasteiger partial charge >= 0.3 is 0 Å². The second-order valence-electron chi connectivity index (χ2n) is 4.72. The summed E-state index contributed by atoms with van der Waals surface area (Å²) in [6.45, 7) is 1.72. The van der Waals surface area contributed by atoms with E-state index in [0.717, 1.165) is 24.8 Å². The maximum atomic E-state index is 12.2. The molecule has 1 aliphatic heterocycles. The zero-order valence-corrected chi connectivity index (χ0v) is 11.7. The molecule has 0 amide bonds. The van der Waals surface area contributed by atoms with Gasteiger partial charge in [0.15, 0.2) is 0 Å². The molecule has 0 aliphatic carbocycles. The second kappa shape index (κ2) is 6.47. The summed E-state index contributed by atoms with van der Waals surface area (Å²) in [5.74, 6) is 0. The van der Waals surface area contributed by atoms with Crippen LogP contribution >= 0.6 is 0 Å². The van der Waals surface area contributed by atoms with Crippen LogP contribution in [0.2, 0.25) is 0 Å². The molecule has 0 saturated carbocycles. The molecule has 1 atom stereocenters. The standard InChI is InChI=1S/C13H20N2O3S/c14-8-7-11-3-5-13(6-4-11)19(16,17)15-12-2-1-9-18-10-12/h3-6,12,15H,1-2,7-10,14H2. The molecule has 0 aromatic heterocycles. The van der Waals surface area contributed by atoms with Gasteiger partial charge < -0.3 is 10.5 Å². The monoisotopic (exact) mass is 284 g/mol. The van der Waals surface area contributed by atoms with Crippen molar-refractivity contribution in [3.63, 3.8) is 0 Å². The number of benzene rings is 1. The number of ether oxygens (including phenoxy) is 1. The highest BCUT2D eigenvalue weighted by Gasteiger charge is 2.21. The van der Waals surface area contributed by atoms with Crippen LogP contribution in [0.1, 0.15) is 18.4 Å². The summed E-state index contributed by atoms with van der Waals surface area (Å²) in [5.41, 5.74) is 6.51. The van der Waals surface area contributed by atoms with Gasteiger partial charge in [0.1, 0.15) is 0 Å². The lowest BCUT2D eigenvalue weighted by atomic mass is 10.1. The van der Waals surface area contributed by atoms with E-state index in [9.17, 15) is 8.42 Å². The maximum Gasteiger partial charge on any atom is 0.240 e. The van der Waals surface area contributed by atoms with Crippen molar-refractivity contribution in [3.05, 3.63) is 29.8 Å². The van der Waals surface area contributed by atoms with Crippen LogP contribution in [-0.4, -0.2) is 34.2 Å². The lowest BCUT2D eigenvalue weighted by Gasteiger charge is -2.23. The maximum absolute atomic E-state index is 12.2. The van der Waals surface area contributed by atoms with Gasteiger partial charge in [-0.3, -0.25) is 0 Å². The molecule has 2 rings (SSSR count). The fourth-order valence-electron chi connectivity index (χ4n) is 2.12. The Labute approximate surface area is 114 Å². The largest absolute Gasteiger partial charge is 0.380 e. The molecule has 1 saturated heterocycles. The molecule has 19 heavy (non-hydrogen) atoms. The van der Waals surface area contributed by atoms with Crippen LogP contribution < -0.4 is 10.5 Å². The minimum absolute atomic E-state index is 0.123. The Hall–Kier alpha value is -0.950. The highest BCUT2D eigenvalue weighted by atomic mass is 32.2. The number of hydrogen-bond donors (Lipinski definition) is 2. The molecular formula is C13H20N2O3S. The number of nitrogens with two attached hydrogens (primary N) is 1. The average molecular weight is 284 g/mol. The predicted octanol–water partition coefficient (Wildman–Crippen LogP) is 0.645. The lowest BCUT2D eigenvalue weighted by molar-refractivity contribution is 0.0774. The number of rotatable bonds is 5. The van der Waals surface area contributed by atoms with Crippen LogP contribution in [0, 0.1) is 0 Å². The molecule has 106 valence electrons. The summed E-state index contributed by atoms with van der Waals surface area (Å²) in [6.07, 6.45) is 2.47. The van der Waals surface area contributed by atoms with Crippen LogP contribution in [0.3, 0.4) is 0 Å². The Morgan fingerprint density at radius 1 is 1.32 bits per heavy atom. The van der Waals surface area contributed by atoms with Crippen molar-refractivity contribution in [3.8, 4) is 0 Å². The van der Waals surface area contributed by atoms with E-state index in [-0.39, 0.29) is 6.04 Å². The first kappa shape index (κ1) is 14.5. The van der Waals surface area contributed by atoms with Gasteiger partial charge in [0.05, 0.1) is 11.5 Å². The number of hydrogen-bond acceptors (Lipinski definition) is 4. The topological polar surface area (TPSA) is 81.4 Å². The first-order valence-electron chi connectivity index (χ1n) is 6.51. The van der Waals surface area contributed by atoms with Crippen LogP contribution in [0.15, 0.2) is 29.2 Å². The van der Waals surface area contributed by atoms with Crippen LogP contribution in [-0.2, 0) is 21.2 Å². The fourth-order valence-corrected chi connectivity index (χ4v) is 3.38. The van der Waals surface area contributed by atoms with Crippen LogP contribution in [0.25, 0.3) is 0 Å². The zero-order chi connectivity index (χ0) is 13.7. The van der Waals surface area contributed by atoms with Crippen molar-refractivity contribution < 1.29 is 13.2 Å². The molecule has 1 heterocycles. The summed E-state index contributed by atoms with van der Waals surface area (Å²) in [6, 6.07) is 6.73. The minimum atomic E-state index is -3.45. The van der Waals surface area contributed by atoms with E-state index in [0.29, 0.717) is 24.7 Å². The first-order chi connectivity index (χ1) is 9.12. The summed E-state index contributed by atoms with van der Waals surface area (Å²) in [4.78, 5) is 0.291. The van der Waals surface area contributed by atoms with Gasteiger partial charge in [-0.2, -0.15) is 0 Å². The molecule has 1 aromatic rings. The fraction of sp³-hybridized carbons (Fsp3) is 0.538. The SMILES string of the molecule is NCCc1ccc(S(=O)(=O)NC2CCCOC2)cc1. The van der Waals surface area contributed by atoms with E-state index in [4.69, 9.17) is 10.5 Å². The Balaban J connectivity index is 2.05. The quantitative estimate of drug-likeness (QED) is 0.831. The second-order valence-corrected chi connectivity index (χ2v) is 6.43. The molecule has 1 aromatic carbocycles. The van der Waals surface area contributed by atoms with Crippen molar-refractivity contribution in [2.45, 2.75) is 30.2 Å². The molecule has 1 unspecified atom stereocenters. The van der Waals surface area contributed by atoms with Gasteiger partial charge in [0.2, 0.25) is 10.0 Å². The van der Waals surface area contributed by atoms with Gasteiger partial charge in [-0.15, -0.1) is 0 Å². The predicted molar refractivity (Wildman–Crippen MR) is 73.4 cm³/mol. The minimum Gasteiger partial charge on any atom is -0.380 e. The van der Waals surface area contributed by atoms with E-state index in [1.165, 1.54) is 0 Å². The summed E-state index contributed by atoms with van der Waals surface area (Å²) in [5, 5.41) is 0. The van der Waals surface area contributed by atoms with E-state index in [1.807, 2.05) is 0 Å². The highest BCUT2D eigenvalue weighted by Crippen LogP contribution is 2.14. The van der Waals surface area contributed by atoms with E-state index in [1.54, 1.807) is 24.3 Å². The smallest absolute Gasteiger partial charge is 0.240 e. The van der Waals surface area contributed by atoms with Crippen LogP contribution in [0.4, 0.5) is 0 Å². The van der Waals surface area contributed by atoms with Gasteiger partial charge in [-0.05, 0) is 43.5 Å². The third-order valence-electron chi connectivity index (χ3n) is 3.15. The van der Waals surface area contributed by atoms with Crippen molar-refractivity contribution in [1.29, 1.82) is 0 Å². The summed E-state index contributed by atoms with van der Waals surface area (Å²) < 4.78 is 32.3. The van der Waals surface area contributed by atoms with Crippen molar-refractivity contribution >= 4 is 10.0 Å². The van der Waals surface area contributed by atoms with Gasteiger partial charge in [-0.25, -0.2) is 13.1 Å². The summed E-state index contributed by atoms with van der Waals surface area (Å²) in [7, 11) is -3.45. The highest BCUT2D eigenvalue weighted by molar-refractivity contribution is 7.89. The Morgan fingerprint density at radius 3 is 2.63 bits per heavy atom. The molecule has 0 spiro atoms. The van der Waals surface area contributed by atoms with Gasteiger partial charge in [0, 0.05) is 12.6 Å². The zero-order valence-electron chi connectivity index (χ0n) is 10.8. The Bertz CT molecular complexity index is 493. The number of sulfonamides is 1. The summed E-state index contributed by atoms with van der Waals surface area (Å²) >= 11 is 0. The molecule has 6 heteroatoms. The van der Waals surface area contributed by atoms with Gasteiger partial charge in [-0.1, -0.05) is 12.1 Å². The third-order valence-corrected chi connectivity index (χ3v) is 4.69. The molecule has 0 bridgehead atoms. The average Bonchev–Trinajstić information content (AvgIpc) is 2.40. The third kappa shape index (κ3) is 4.01. The van der Waals surface area contributed by atoms with Gasteiger partial charge in [0.25, 0.3) is 0 Å². The van der Waals surface area contributed by atoms with E-state index in [2.05, 4.69) is 4.72 Å². The molecule has 1 aliphatic rings.